The average molecular weight is 494 g/mol. The first-order chi connectivity index (χ1) is 16.3. The minimum Gasteiger partial charge on any atom is -0.480 e. The highest BCUT2D eigenvalue weighted by Gasteiger charge is 2.23. The Morgan fingerprint density at radius 1 is 1.29 bits per heavy atom. The van der Waals surface area contributed by atoms with Crippen LogP contribution in [-0.4, -0.2) is 64.2 Å². The van der Waals surface area contributed by atoms with Crippen molar-refractivity contribution in [1.29, 1.82) is 0 Å². The highest BCUT2D eigenvalue weighted by Crippen LogP contribution is 2.20. The largest absolute Gasteiger partial charge is 0.480 e. The van der Waals surface area contributed by atoms with E-state index in [0.717, 1.165) is 0 Å². The Bertz CT molecular complexity index is 1110. The molecule has 0 bridgehead atoms. The molecule has 3 rings (SSSR count). The summed E-state index contributed by atoms with van der Waals surface area (Å²) >= 11 is 5.29. The van der Waals surface area contributed by atoms with Crippen LogP contribution in [0.25, 0.3) is 0 Å². The number of alkyl halides is 1. The molecule has 0 fully saturated rings. The second kappa shape index (κ2) is 11.2. The van der Waals surface area contributed by atoms with E-state index in [1.807, 2.05) is 0 Å². The molecule has 1 amide bonds. The molecule has 1 aliphatic rings. The zero-order valence-electron chi connectivity index (χ0n) is 17.9. The van der Waals surface area contributed by atoms with Gasteiger partial charge in [0.15, 0.2) is 11.9 Å². The number of rotatable bonds is 10. The molecule has 2 atom stereocenters. The lowest BCUT2D eigenvalue weighted by molar-refractivity contribution is -0.143. The lowest BCUT2D eigenvalue weighted by Gasteiger charge is -2.27. The molecule has 2 heterocycles. The van der Waals surface area contributed by atoms with E-state index in [-0.39, 0.29) is 42.0 Å². The van der Waals surface area contributed by atoms with Crippen molar-refractivity contribution in [3.63, 3.8) is 0 Å². The van der Waals surface area contributed by atoms with Gasteiger partial charge in [0.05, 0.1) is 6.04 Å². The van der Waals surface area contributed by atoms with Crippen molar-refractivity contribution >= 4 is 52.6 Å². The zero-order valence-corrected chi connectivity index (χ0v) is 18.6. The molecule has 0 spiro atoms. The van der Waals surface area contributed by atoms with E-state index in [1.165, 1.54) is 12.1 Å². The summed E-state index contributed by atoms with van der Waals surface area (Å²) in [7, 11) is 0. The van der Waals surface area contributed by atoms with Crippen molar-refractivity contribution in [1.82, 2.24) is 15.3 Å². The van der Waals surface area contributed by atoms with Gasteiger partial charge in [-0.1, -0.05) is 11.6 Å². The van der Waals surface area contributed by atoms with Gasteiger partial charge in [-0.05, 0) is 30.7 Å². The summed E-state index contributed by atoms with van der Waals surface area (Å²) in [4.78, 5) is 53.7. The summed E-state index contributed by atoms with van der Waals surface area (Å²) in [6.07, 6.45) is -0.330. The van der Waals surface area contributed by atoms with Crippen molar-refractivity contribution in [2.75, 3.05) is 40.8 Å². The standard InChI is InChI=1S/C20H24ClN7O6/c21-9-34-14(29)6-5-13(19(32)33)26-17(30)10-1-3-11(4-2-10)23-7-12-8-24-16-15(25-12)18(31)28-20(22)27-16/h1-4,12-13,23,25H,5-9H2,(H,26,30)(H,32,33)(H4,22,24,27,28,31)/t12?,13-/m0/s1. The van der Waals surface area contributed by atoms with E-state index in [2.05, 4.69) is 36.0 Å². The number of nitrogen functional groups attached to an aromatic ring is 1. The van der Waals surface area contributed by atoms with Gasteiger partial charge in [-0.15, -0.1) is 0 Å². The number of esters is 1. The molecule has 1 unspecified atom stereocenters. The van der Waals surface area contributed by atoms with Crippen LogP contribution in [0.15, 0.2) is 29.1 Å². The normalized spacial score (nSPS) is 15.1. The summed E-state index contributed by atoms with van der Waals surface area (Å²) < 4.78 is 4.55. The fourth-order valence-electron chi connectivity index (χ4n) is 3.23. The molecule has 1 aromatic carbocycles. The van der Waals surface area contributed by atoms with Crippen molar-refractivity contribution in [2.45, 2.75) is 24.9 Å². The number of hydrogen-bond donors (Lipinski definition) is 7. The van der Waals surface area contributed by atoms with E-state index in [1.54, 1.807) is 12.1 Å². The molecule has 182 valence electrons. The number of fused-ring (bicyclic) bond motifs is 1. The topological polar surface area (TPSA) is 201 Å². The van der Waals surface area contributed by atoms with Crippen molar-refractivity contribution in [3.8, 4) is 0 Å². The van der Waals surface area contributed by atoms with Crippen LogP contribution < -0.4 is 32.6 Å². The van der Waals surface area contributed by atoms with Crippen LogP contribution in [0.1, 0.15) is 23.2 Å². The van der Waals surface area contributed by atoms with Crippen molar-refractivity contribution in [3.05, 3.63) is 40.2 Å². The van der Waals surface area contributed by atoms with Crippen molar-refractivity contribution < 1.29 is 24.2 Å². The van der Waals surface area contributed by atoms with Gasteiger partial charge in [-0.2, -0.15) is 4.98 Å². The predicted octanol–water partition coefficient (Wildman–Crippen LogP) is 0.373. The number of aliphatic carboxylic acids is 1. The molecule has 0 saturated heterocycles. The van der Waals surface area contributed by atoms with Crippen LogP contribution in [0.3, 0.4) is 0 Å². The highest BCUT2D eigenvalue weighted by atomic mass is 35.5. The van der Waals surface area contributed by atoms with Crippen LogP contribution >= 0.6 is 11.6 Å². The number of aromatic nitrogens is 2. The minimum atomic E-state index is -1.27. The third kappa shape index (κ3) is 6.51. The number of H-pyrrole nitrogens is 1. The Hall–Kier alpha value is -4.00. The van der Waals surface area contributed by atoms with Gasteiger partial charge in [0.1, 0.15) is 11.7 Å². The second-order valence-corrected chi connectivity index (χ2v) is 7.60. The summed E-state index contributed by atoms with van der Waals surface area (Å²) in [6.45, 7) is 0.965. The zero-order chi connectivity index (χ0) is 24.7. The lowest BCUT2D eigenvalue weighted by atomic mass is 10.1. The minimum absolute atomic E-state index is 0.0299. The lowest BCUT2D eigenvalue weighted by Crippen LogP contribution is -2.41. The molecule has 0 saturated carbocycles. The van der Waals surface area contributed by atoms with Crippen LogP contribution in [0.4, 0.5) is 23.1 Å². The van der Waals surface area contributed by atoms with E-state index >= 15 is 0 Å². The summed E-state index contributed by atoms with van der Waals surface area (Å²) in [5.74, 6) is -2.09. The first-order valence-corrected chi connectivity index (χ1v) is 10.8. The molecule has 34 heavy (non-hydrogen) atoms. The third-order valence-electron chi connectivity index (χ3n) is 4.96. The van der Waals surface area contributed by atoms with E-state index in [0.29, 0.717) is 30.3 Å². The quantitative estimate of drug-likeness (QED) is 0.178. The van der Waals surface area contributed by atoms with Gasteiger partial charge in [0, 0.05) is 30.8 Å². The number of carbonyl (C=O) groups excluding carboxylic acids is 2. The number of hydrogen-bond acceptors (Lipinski definition) is 10. The van der Waals surface area contributed by atoms with Crippen molar-refractivity contribution in [2.24, 2.45) is 0 Å². The van der Waals surface area contributed by atoms with Crippen LogP contribution in [0.5, 0.6) is 0 Å². The first-order valence-electron chi connectivity index (χ1n) is 10.3. The number of nitrogens with two attached hydrogens (primary N) is 1. The number of aromatic amines is 1. The number of carboxylic acids is 1. The number of carboxylic acid groups (broad SMARTS) is 1. The molecule has 1 aromatic heterocycles. The van der Waals surface area contributed by atoms with Crippen LogP contribution in [-0.2, 0) is 14.3 Å². The van der Waals surface area contributed by atoms with Gasteiger partial charge in [0.2, 0.25) is 5.95 Å². The Balaban J connectivity index is 1.52. The number of amides is 1. The molecule has 14 heteroatoms. The van der Waals surface area contributed by atoms with Gasteiger partial charge in [-0.3, -0.25) is 19.4 Å². The number of anilines is 4. The number of benzene rings is 1. The monoisotopic (exact) mass is 493 g/mol. The second-order valence-electron chi connectivity index (χ2n) is 7.38. The predicted molar refractivity (Wildman–Crippen MR) is 125 cm³/mol. The molecular formula is C20H24ClN7O6. The van der Waals surface area contributed by atoms with Gasteiger partial charge < -0.3 is 36.8 Å². The molecule has 13 nitrogen and oxygen atoms in total. The number of nitrogens with zero attached hydrogens (tertiary/aromatic N) is 1. The molecule has 2 aromatic rings. The Kier molecular flexibility index (Phi) is 8.14. The SMILES string of the molecule is Nc1nc2c(c(=O)[nH]1)NC(CNc1ccc(C(=O)N[C@@H](CCC(=O)OCCl)C(=O)O)cc1)CN2. The van der Waals surface area contributed by atoms with E-state index in [9.17, 15) is 24.3 Å². The molecule has 0 radical (unpaired) electrons. The molecule has 1 aliphatic heterocycles. The maximum absolute atomic E-state index is 12.4. The third-order valence-corrected chi connectivity index (χ3v) is 5.07. The summed E-state index contributed by atoms with van der Waals surface area (Å²) in [6, 6.07) is 4.71. The van der Waals surface area contributed by atoms with Crippen LogP contribution in [0.2, 0.25) is 0 Å². The van der Waals surface area contributed by atoms with Gasteiger partial charge in [0.25, 0.3) is 11.5 Å². The summed E-state index contributed by atoms with van der Waals surface area (Å²) in [5.41, 5.74) is 6.44. The Morgan fingerprint density at radius 2 is 2.03 bits per heavy atom. The van der Waals surface area contributed by atoms with Gasteiger partial charge in [-0.25, -0.2) is 4.79 Å². The maximum Gasteiger partial charge on any atom is 0.326 e. The number of carbonyl (C=O) groups is 3. The first kappa shape index (κ1) is 24.6. The van der Waals surface area contributed by atoms with Crippen LogP contribution in [0, 0.1) is 0 Å². The van der Waals surface area contributed by atoms with Gasteiger partial charge >= 0.3 is 11.9 Å². The number of halogens is 1. The Morgan fingerprint density at radius 3 is 2.71 bits per heavy atom. The number of nitrogens with one attached hydrogen (secondary N) is 5. The Labute approximate surface area is 198 Å². The van der Waals surface area contributed by atoms with E-state index in [4.69, 9.17) is 17.3 Å². The summed E-state index contributed by atoms with van der Waals surface area (Å²) in [5, 5.41) is 21.0. The smallest absolute Gasteiger partial charge is 0.326 e. The number of ether oxygens (including phenoxy) is 1. The fourth-order valence-corrected chi connectivity index (χ4v) is 3.35. The molecule has 8 N–H and O–H groups in total. The maximum atomic E-state index is 12.4. The molecular weight excluding hydrogens is 470 g/mol. The molecule has 0 aliphatic carbocycles. The fraction of sp³-hybridized carbons (Fsp3) is 0.350. The highest BCUT2D eigenvalue weighted by molar-refractivity contribution is 6.17. The average Bonchev–Trinajstić information content (AvgIpc) is 2.80. The van der Waals surface area contributed by atoms with E-state index < -0.39 is 23.9 Å².